The molecule has 96 valence electrons. The molecule has 0 bridgehead atoms. The second kappa shape index (κ2) is 6.15. The van der Waals surface area contributed by atoms with Gasteiger partial charge in [0.05, 0.1) is 12.4 Å². The first-order valence-corrected chi connectivity index (χ1v) is 7.67. The molecule has 1 atom stereocenters. The Kier molecular flexibility index (Phi) is 5.12. The summed E-state index contributed by atoms with van der Waals surface area (Å²) in [6.07, 6.45) is 4.32. The molecule has 0 aromatic carbocycles. The predicted molar refractivity (Wildman–Crippen MR) is 68.0 cm³/mol. The maximum Gasteiger partial charge on any atom is 0.243 e. The van der Waals surface area contributed by atoms with Crippen molar-refractivity contribution in [2.24, 2.45) is 5.84 Å². The van der Waals surface area contributed by atoms with Gasteiger partial charge >= 0.3 is 0 Å². The highest BCUT2D eigenvalue weighted by Gasteiger charge is 2.17. The number of anilines is 1. The summed E-state index contributed by atoms with van der Waals surface area (Å²) in [5.74, 6) is 5.95. The van der Waals surface area contributed by atoms with Crippen molar-refractivity contribution in [2.45, 2.75) is 17.9 Å². The number of nitrogens with two attached hydrogens (primary N) is 1. The molecule has 17 heavy (non-hydrogen) atoms. The van der Waals surface area contributed by atoms with Crippen molar-refractivity contribution < 1.29 is 8.42 Å². The Morgan fingerprint density at radius 3 is 2.53 bits per heavy atom. The van der Waals surface area contributed by atoms with E-state index in [-0.39, 0.29) is 16.9 Å². The van der Waals surface area contributed by atoms with Crippen molar-refractivity contribution in [1.82, 2.24) is 14.7 Å². The second-order valence-corrected chi connectivity index (χ2v) is 5.99. The van der Waals surface area contributed by atoms with Crippen molar-refractivity contribution in [1.29, 1.82) is 0 Å². The van der Waals surface area contributed by atoms with Gasteiger partial charge in [0.2, 0.25) is 16.0 Å². The molecule has 1 aromatic heterocycles. The third-order valence-corrected chi connectivity index (χ3v) is 4.22. The van der Waals surface area contributed by atoms with E-state index in [1.54, 1.807) is 18.7 Å². The van der Waals surface area contributed by atoms with E-state index >= 15 is 0 Å². The molecule has 0 saturated carbocycles. The van der Waals surface area contributed by atoms with Crippen LogP contribution in [0.1, 0.15) is 6.92 Å². The van der Waals surface area contributed by atoms with Crippen molar-refractivity contribution in [3.63, 3.8) is 0 Å². The normalized spacial score (nSPS) is 13.4. The molecular weight excluding hydrogens is 262 g/mol. The third-order valence-electron chi connectivity index (χ3n) is 1.84. The van der Waals surface area contributed by atoms with Gasteiger partial charge in [-0.25, -0.2) is 29.0 Å². The topological polar surface area (TPSA) is 110 Å². The SMILES string of the molecule is CSCC(C)NS(=O)(=O)c1cnc(NN)nc1. The average molecular weight is 277 g/mol. The van der Waals surface area contributed by atoms with Crippen LogP contribution in [0, 0.1) is 0 Å². The van der Waals surface area contributed by atoms with Crippen LogP contribution in [-0.2, 0) is 10.0 Å². The molecule has 0 spiro atoms. The highest BCUT2D eigenvalue weighted by atomic mass is 32.2. The summed E-state index contributed by atoms with van der Waals surface area (Å²) in [5.41, 5.74) is 2.23. The molecule has 0 aliphatic carbocycles. The molecule has 1 aromatic rings. The number of sulfonamides is 1. The molecule has 4 N–H and O–H groups in total. The Morgan fingerprint density at radius 1 is 1.47 bits per heavy atom. The fourth-order valence-corrected chi connectivity index (χ4v) is 2.97. The molecule has 1 unspecified atom stereocenters. The first-order valence-electron chi connectivity index (χ1n) is 4.79. The van der Waals surface area contributed by atoms with Crippen molar-refractivity contribution in [2.75, 3.05) is 17.4 Å². The van der Waals surface area contributed by atoms with Crippen LogP contribution in [0.25, 0.3) is 0 Å². The van der Waals surface area contributed by atoms with Crippen LogP contribution in [0.3, 0.4) is 0 Å². The third kappa shape index (κ3) is 4.11. The molecule has 1 heterocycles. The predicted octanol–water partition coefficient (Wildman–Crippen LogP) is -0.208. The number of nitrogens with zero attached hydrogens (tertiary/aromatic N) is 2. The van der Waals surface area contributed by atoms with E-state index in [1.165, 1.54) is 12.4 Å². The van der Waals surface area contributed by atoms with Gasteiger partial charge in [0.25, 0.3) is 0 Å². The smallest absolute Gasteiger partial charge is 0.243 e. The van der Waals surface area contributed by atoms with Gasteiger partial charge in [0, 0.05) is 11.8 Å². The highest BCUT2D eigenvalue weighted by Crippen LogP contribution is 2.08. The van der Waals surface area contributed by atoms with Crippen molar-refractivity contribution >= 4 is 27.7 Å². The van der Waals surface area contributed by atoms with Crippen LogP contribution in [0.5, 0.6) is 0 Å². The van der Waals surface area contributed by atoms with Crippen molar-refractivity contribution in [3.8, 4) is 0 Å². The highest BCUT2D eigenvalue weighted by molar-refractivity contribution is 7.98. The van der Waals surface area contributed by atoms with Crippen LogP contribution in [0.2, 0.25) is 0 Å². The number of aromatic nitrogens is 2. The lowest BCUT2D eigenvalue weighted by Gasteiger charge is -2.12. The summed E-state index contributed by atoms with van der Waals surface area (Å²) in [6.45, 7) is 1.80. The fourth-order valence-electron chi connectivity index (χ4n) is 1.15. The van der Waals surface area contributed by atoms with Gasteiger partial charge in [-0.2, -0.15) is 11.8 Å². The number of rotatable bonds is 6. The van der Waals surface area contributed by atoms with E-state index in [2.05, 4.69) is 20.1 Å². The van der Waals surface area contributed by atoms with Gasteiger partial charge in [-0.15, -0.1) is 0 Å². The fraction of sp³-hybridized carbons (Fsp3) is 0.500. The Bertz CT molecular complexity index is 447. The monoisotopic (exact) mass is 277 g/mol. The zero-order valence-electron chi connectivity index (χ0n) is 9.54. The summed E-state index contributed by atoms with van der Waals surface area (Å²) < 4.78 is 26.3. The molecule has 0 radical (unpaired) electrons. The average Bonchev–Trinajstić information content (AvgIpc) is 2.28. The maximum atomic E-state index is 11.9. The zero-order chi connectivity index (χ0) is 12.9. The molecule has 0 aliphatic heterocycles. The summed E-state index contributed by atoms with van der Waals surface area (Å²) in [7, 11) is -3.56. The summed E-state index contributed by atoms with van der Waals surface area (Å²) in [4.78, 5) is 7.51. The first-order chi connectivity index (χ1) is 7.99. The Balaban J connectivity index is 2.82. The van der Waals surface area contributed by atoms with E-state index in [0.29, 0.717) is 5.75 Å². The van der Waals surface area contributed by atoms with Crippen molar-refractivity contribution in [3.05, 3.63) is 12.4 Å². The zero-order valence-corrected chi connectivity index (χ0v) is 11.2. The molecule has 0 aliphatic rings. The molecule has 0 amide bonds. The summed E-state index contributed by atoms with van der Waals surface area (Å²) >= 11 is 1.57. The molecule has 9 heteroatoms. The molecule has 0 saturated heterocycles. The minimum absolute atomic E-state index is 0.0180. The van der Waals surface area contributed by atoms with E-state index in [1.807, 2.05) is 6.26 Å². The van der Waals surface area contributed by atoms with E-state index in [4.69, 9.17) is 5.84 Å². The van der Waals surface area contributed by atoms with Gasteiger partial charge in [0.1, 0.15) is 4.90 Å². The maximum absolute atomic E-state index is 11.9. The Hall–Kier alpha value is -0.900. The minimum atomic E-state index is -3.56. The quantitative estimate of drug-likeness (QED) is 0.487. The number of nitrogen functional groups attached to an aromatic ring is 1. The van der Waals surface area contributed by atoms with Crippen LogP contribution < -0.4 is 16.0 Å². The standard InChI is InChI=1S/C8H15N5O2S2/c1-6(5-16-2)13-17(14,15)7-3-10-8(12-9)11-4-7/h3-4,6,13H,5,9H2,1-2H3,(H,10,11,12). The number of hydrogen-bond donors (Lipinski definition) is 3. The lowest BCUT2D eigenvalue weighted by atomic mass is 10.4. The molecule has 1 rings (SSSR count). The van der Waals surface area contributed by atoms with Crippen LogP contribution >= 0.6 is 11.8 Å². The minimum Gasteiger partial charge on any atom is -0.292 e. The Morgan fingerprint density at radius 2 is 2.06 bits per heavy atom. The van der Waals surface area contributed by atoms with Gasteiger partial charge in [-0.1, -0.05) is 0 Å². The molecule has 7 nitrogen and oxygen atoms in total. The lowest BCUT2D eigenvalue weighted by Crippen LogP contribution is -2.34. The molecule has 0 fully saturated rings. The number of nitrogens with one attached hydrogen (secondary N) is 2. The van der Waals surface area contributed by atoms with E-state index in [0.717, 1.165) is 0 Å². The van der Waals surface area contributed by atoms with Crippen LogP contribution in [-0.4, -0.2) is 36.4 Å². The number of hydrazine groups is 1. The summed E-state index contributed by atoms with van der Waals surface area (Å²) in [6, 6.07) is -0.151. The van der Waals surface area contributed by atoms with E-state index in [9.17, 15) is 8.42 Å². The number of hydrogen-bond acceptors (Lipinski definition) is 7. The van der Waals surface area contributed by atoms with Gasteiger partial charge in [-0.05, 0) is 13.2 Å². The lowest BCUT2D eigenvalue weighted by molar-refractivity contribution is 0.570. The van der Waals surface area contributed by atoms with Gasteiger partial charge in [0.15, 0.2) is 0 Å². The largest absolute Gasteiger partial charge is 0.292 e. The van der Waals surface area contributed by atoms with Gasteiger partial charge in [-0.3, -0.25) is 5.43 Å². The van der Waals surface area contributed by atoms with Crippen LogP contribution in [0.4, 0.5) is 5.95 Å². The summed E-state index contributed by atoms with van der Waals surface area (Å²) in [5, 5.41) is 0. The van der Waals surface area contributed by atoms with Crippen LogP contribution in [0.15, 0.2) is 17.3 Å². The first kappa shape index (κ1) is 14.2. The second-order valence-electron chi connectivity index (χ2n) is 3.36. The van der Waals surface area contributed by atoms with Gasteiger partial charge < -0.3 is 0 Å². The van der Waals surface area contributed by atoms with E-state index < -0.39 is 10.0 Å². The molecular formula is C8H15N5O2S2. The number of thioether (sulfide) groups is 1. The Labute approximate surface area is 105 Å².